The fraction of sp³-hybridized carbons (Fsp3) is 0.636. The van der Waals surface area contributed by atoms with Crippen LogP contribution in [0.5, 0.6) is 0 Å². The summed E-state index contributed by atoms with van der Waals surface area (Å²) in [5, 5.41) is 6.29. The maximum Gasteiger partial charge on any atom is 0.239 e. The van der Waals surface area contributed by atoms with Crippen LogP contribution in [0.4, 0.5) is 0 Å². The molecule has 4 nitrogen and oxygen atoms in total. The van der Waals surface area contributed by atoms with Crippen LogP contribution < -0.4 is 5.32 Å². The van der Waals surface area contributed by atoms with E-state index in [1.807, 2.05) is 19.4 Å². The molecule has 18 heavy (non-hydrogen) atoms. The number of nitrogens with zero attached hydrogens (tertiary/aromatic N) is 2. The zero-order valence-electron chi connectivity index (χ0n) is 10.5. The second-order valence-corrected chi connectivity index (χ2v) is 5.26. The number of nitrogens with one attached hydrogen (secondary N) is 1. The predicted molar refractivity (Wildman–Crippen MR) is 78.8 cm³/mol. The molecule has 1 amide bonds. The molecule has 0 radical (unpaired) electrons. The highest BCUT2D eigenvalue weighted by Gasteiger charge is 2.25. The summed E-state index contributed by atoms with van der Waals surface area (Å²) in [7, 11) is 1.84. The molecule has 1 aromatic heterocycles. The maximum absolute atomic E-state index is 12.0. The minimum absolute atomic E-state index is 0. The number of likely N-dealkylation sites (N-methyl/N-ethyl adjacent to an activating group) is 1. The molecule has 0 unspecified atom stereocenters. The number of halogens is 2. The van der Waals surface area contributed by atoms with Crippen molar-refractivity contribution < 1.29 is 4.79 Å². The van der Waals surface area contributed by atoms with Gasteiger partial charge in [-0.2, -0.15) is 0 Å². The molecule has 2 heterocycles. The van der Waals surface area contributed by atoms with E-state index in [9.17, 15) is 4.79 Å². The molecule has 0 spiro atoms. The Kier molecular flexibility index (Phi) is 7.78. The third-order valence-corrected chi connectivity index (χ3v) is 3.62. The zero-order valence-corrected chi connectivity index (χ0v) is 13.0. The summed E-state index contributed by atoms with van der Waals surface area (Å²) in [5.41, 5.74) is 0.983. The van der Waals surface area contributed by atoms with Crippen molar-refractivity contribution >= 4 is 42.1 Å². The van der Waals surface area contributed by atoms with Gasteiger partial charge in [-0.25, -0.2) is 4.98 Å². The summed E-state index contributed by atoms with van der Waals surface area (Å²) in [6.07, 6.45) is 2.05. The van der Waals surface area contributed by atoms with Crippen LogP contribution in [0.3, 0.4) is 0 Å². The van der Waals surface area contributed by atoms with Crippen LogP contribution in [-0.4, -0.2) is 35.4 Å². The van der Waals surface area contributed by atoms with Gasteiger partial charge in [0.15, 0.2) is 0 Å². The Morgan fingerprint density at radius 3 is 2.83 bits per heavy atom. The summed E-state index contributed by atoms with van der Waals surface area (Å²) < 4.78 is 0. The summed E-state index contributed by atoms with van der Waals surface area (Å²) in [6, 6.07) is 0.0183. The van der Waals surface area contributed by atoms with Gasteiger partial charge in [-0.1, -0.05) is 0 Å². The lowest BCUT2D eigenvalue weighted by Gasteiger charge is -2.20. The first-order valence-corrected chi connectivity index (χ1v) is 6.44. The largest absolute Gasteiger partial charge is 0.338 e. The molecule has 1 atom stereocenters. The van der Waals surface area contributed by atoms with Crippen molar-refractivity contribution in [2.45, 2.75) is 32.4 Å². The highest BCUT2D eigenvalue weighted by Crippen LogP contribution is 2.12. The SMILES string of the molecule is Cc1nc(CN(C)C(=O)[C@@H]2CCCN2)cs1.Cl.Cl. The molecule has 1 aromatic rings. The molecular weight excluding hydrogens is 293 g/mol. The van der Waals surface area contributed by atoms with Gasteiger partial charge < -0.3 is 10.2 Å². The average Bonchev–Trinajstić information content (AvgIpc) is 2.88. The Morgan fingerprint density at radius 2 is 2.33 bits per heavy atom. The molecule has 1 saturated heterocycles. The topological polar surface area (TPSA) is 45.2 Å². The number of hydrogen-bond donors (Lipinski definition) is 1. The van der Waals surface area contributed by atoms with E-state index in [-0.39, 0.29) is 36.8 Å². The molecule has 0 aromatic carbocycles. The Bertz CT molecular complexity index is 380. The van der Waals surface area contributed by atoms with E-state index in [2.05, 4.69) is 10.3 Å². The Labute approximate surface area is 124 Å². The first-order valence-electron chi connectivity index (χ1n) is 5.56. The maximum atomic E-state index is 12.0. The first-order chi connectivity index (χ1) is 7.66. The first kappa shape index (κ1) is 17.6. The quantitative estimate of drug-likeness (QED) is 0.928. The standard InChI is InChI=1S/C11H17N3OS.2ClH/c1-8-13-9(7-16-8)6-14(2)11(15)10-4-3-5-12-10;;/h7,10,12H,3-6H2,1-2H3;2*1H/t10-;;/m0../s1. The fourth-order valence-corrected chi connectivity index (χ4v) is 2.57. The summed E-state index contributed by atoms with van der Waals surface area (Å²) in [4.78, 5) is 18.1. The van der Waals surface area contributed by atoms with E-state index in [0.29, 0.717) is 6.54 Å². The van der Waals surface area contributed by atoms with Crippen LogP contribution in [-0.2, 0) is 11.3 Å². The van der Waals surface area contributed by atoms with E-state index in [0.717, 1.165) is 30.1 Å². The molecule has 1 aliphatic heterocycles. The van der Waals surface area contributed by atoms with E-state index < -0.39 is 0 Å². The lowest BCUT2D eigenvalue weighted by molar-refractivity contribution is -0.132. The van der Waals surface area contributed by atoms with Gasteiger partial charge >= 0.3 is 0 Å². The molecule has 104 valence electrons. The van der Waals surface area contributed by atoms with Crippen LogP contribution in [0.2, 0.25) is 0 Å². The molecule has 1 aliphatic rings. The number of amides is 1. The number of carbonyl (C=O) groups is 1. The van der Waals surface area contributed by atoms with Gasteiger partial charge in [0.2, 0.25) is 5.91 Å². The molecule has 0 bridgehead atoms. The van der Waals surface area contributed by atoms with Gasteiger partial charge in [-0.15, -0.1) is 36.2 Å². The van der Waals surface area contributed by atoms with Crippen molar-refractivity contribution in [1.82, 2.24) is 15.2 Å². The van der Waals surface area contributed by atoms with Crippen LogP contribution in [0, 0.1) is 6.92 Å². The van der Waals surface area contributed by atoms with E-state index in [1.54, 1.807) is 16.2 Å². The van der Waals surface area contributed by atoms with E-state index in [4.69, 9.17) is 0 Å². The summed E-state index contributed by atoms with van der Waals surface area (Å²) >= 11 is 1.63. The second-order valence-electron chi connectivity index (χ2n) is 4.20. The minimum Gasteiger partial charge on any atom is -0.338 e. The molecule has 0 saturated carbocycles. The number of carbonyl (C=O) groups excluding carboxylic acids is 1. The van der Waals surface area contributed by atoms with Gasteiger partial charge in [-0.05, 0) is 26.3 Å². The molecule has 2 rings (SSSR count). The predicted octanol–water partition coefficient (Wildman–Crippen LogP) is 2.01. The van der Waals surface area contributed by atoms with Gasteiger partial charge in [0.1, 0.15) is 0 Å². The number of aromatic nitrogens is 1. The molecular formula is C11H19Cl2N3OS. The van der Waals surface area contributed by atoms with Crippen molar-refractivity contribution in [2.24, 2.45) is 0 Å². The highest BCUT2D eigenvalue weighted by atomic mass is 35.5. The third-order valence-electron chi connectivity index (χ3n) is 2.80. The molecule has 1 fully saturated rings. The van der Waals surface area contributed by atoms with Gasteiger partial charge in [0, 0.05) is 12.4 Å². The summed E-state index contributed by atoms with van der Waals surface area (Å²) in [5.74, 6) is 0.183. The van der Waals surface area contributed by atoms with Crippen LogP contribution >= 0.6 is 36.2 Å². The third kappa shape index (κ3) is 4.39. The van der Waals surface area contributed by atoms with Crippen molar-refractivity contribution in [3.8, 4) is 0 Å². The Morgan fingerprint density at radius 1 is 1.61 bits per heavy atom. The van der Waals surface area contributed by atoms with Crippen molar-refractivity contribution in [3.05, 3.63) is 16.1 Å². The number of hydrogen-bond acceptors (Lipinski definition) is 4. The van der Waals surface area contributed by atoms with Crippen molar-refractivity contribution in [2.75, 3.05) is 13.6 Å². The molecule has 1 N–H and O–H groups in total. The highest BCUT2D eigenvalue weighted by molar-refractivity contribution is 7.09. The van der Waals surface area contributed by atoms with Crippen molar-refractivity contribution in [1.29, 1.82) is 0 Å². The lowest BCUT2D eigenvalue weighted by atomic mass is 10.2. The van der Waals surface area contributed by atoms with Crippen LogP contribution in [0.25, 0.3) is 0 Å². The molecule has 7 heteroatoms. The number of thiazole rings is 1. The van der Waals surface area contributed by atoms with E-state index in [1.165, 1.54) is 0 Å². The monoisotopic (exact) mass is 311 g/mol. The smallest absolute Gasteiger partial charge is 0.239 e. The van der Waals surface area contributed by atoms with Gasteiger partial charge in [-0.3, -0.25) is 4.79 Å². The second kappa shape index (κ2) is 7.94. The number of rotatable bonds is 3. The minimum atomic E-state index is 0. The van der Waals surface area contributed by atoms with E-state index >= 15 is 0 Å². The van der Waals surface area contributed by atoms with Crippen molar-refractivity contribution in [3.63, 3.8) is 0 Å². The van der Waals surface area contributed by atoms with Crippen LogP contribution in [0.1, 0.15) is 23.5 Å². The Hall–Kier alpha value is -0.360. The van der Waals surface area contributed by atoms with Gasteiger partial charge in [0.25, 0.3) is 0 Å². The fourth-order valence-electron chi connectivity index (χ4n) is 1.96. The van der Waals surface area contributed by atoms with Gasteiger partial charge in [0.05, 0.1) is 23.3 Å². The zero-order chi connectivity index (χ0) is 11.5. The summed E-state index contributed by atoms with van der Waals surface area (Å²) in [6.45, 7) is 3.55. The normalized spacial score (nSPS) is 17.8. The average molecular weight is 312 g/mol. The van der Waals surface area contributed by atoms with Crippen LogP contribution in [0.15, 0.2) is 5.38 Å². The molecule has 0 aliphatic carbocycles. The lowest BCUT2D eigenvalue weighted by Crippen LogP contribution is -2.41. The Balaban J connectivity index is 0.00000144. The number of aryl methyl sites for hydroxylation is 1.